The minimum absolute atomic E-state index is 0.796. The quantitative estimate of drug-likeness (QED) is 0.874. The fourth-order valence-electron chi connectivity index (χ4n) is 1.65. The summed E-state index contributed by atoms with van der Waals surface area (Å²) in [5, 5.41) is 3.05. The minimum atomic E-state index is 0.796. The van der Waals surface area contributed by atoms with Crippen LogP contribution in [-0.4, -0.2) is 31.1 Å². The molecular weight excluding hydrogens is 212 g/mol. The minimum Gasteiger partial charge on any atom is -0.378 e. The highest BCUT2D eigenvalue weighted by Gasteiger charge is 2.06. The molecule has 0 aliphatic heterocycles. The summed E-state index contributed by atoms with van der Waals surface area (Å²) in [4.78, 5) is 10.7. The summed E-state index contributed by atoms with van der Waals surface area (Å²) >= 11 is 0. The number of anilines is 2. The van der Waals surface area contributed by atoms with Gasteiger partial charge in [-0.2, -0.15) is 0 Å². The van der Waals surface area contributed by atoms with Crippen molar-refractivity contribution in [2.45, 2.75) is 0 Å². The highest BCUT2D eigenvalue weighted by Crippen LogP contribution is 2.24. The van der Waals surface area contributed by atoms with E-state index in [9.17, 15) is 0 Å². The summed E-state index contributed by atoms with van der Waals surface area (Å²) in [7, 11) is 5.90. The summed E-state index contributed by atoms with van der Waals surface area (Å²) in [6.45, 7) is 0. The monoisotopic (exact) mass is 228 g/mol. The molecule has 1 heterocycles. The van der Waals surface area contributed by atoms with Gasteiger partial charge in [-0.25, -0.2) is 4.98 Å². The molecule has 0 atom stereocenters. The average Bonchev–Trinajstić information content (AvgIpc) is 2.39. The molecule has 0 aliphatic carbocycles. The molecule has 0 aliphatic rings. The van der Waals surface area contributed by atoms with Crippen LogP contribution in [-0.2, 0) is 0 Å². The maximum Gasteiger partial charge on any atom is 0.152 e. The fourth-order valence-corrected chi connectivity index (χ4v) is 1.65. The zero-order valence-electron chi connectivity index (χ0n) is 10.3. The Balaban J connectivity index is 2.40. The van der Waals surface area contributed by atoms with E-state index >= 15 is 0 Å². The Morgan fingerprint density at radius 1 is 1.00 bits per heavy atom. The summed E-state index contributed by atoms with van der Waals surface area (Å²) in [5.41, 5.74) is 3.11. The van der Waals surface area contributed by atoms with Crippen LogP contribution in [0.4, 0.5) is 11.5 Å². The van der Waals surface area contributed by atoms with E-state index in [-0.39, 0.29) is 0 Å². The van der Waals surface area contributed by atoms with Gasteiger partial charge in [-0.1, -0.05) is 12.1 Å². The van der Waals surface area contributed by atoms with Crippen molar-refractivity contribution in [2.24, 2.45) is 0 Å². The maximum absolute atomic E-state index is 4.36. The van der Waals surface area contributed by atoms with Crippen molar-refractivity contribution in [1.29, 1.82) is 0 Å². The maximum atomic E-state index is 4.36. The number of aromatic nitrogens is 2. The molecule has 88 valence electrons. The second-order valence-electron chi connectivity index (χ2n) is 3.94. The standard InChI is InChI=1S/C13H16N4/c1-14-13-12(15-8-9-16-13)10-4-6-11(7-5-10)17(2)3/h4-9H,1-3H3,(H,14,16). The lowest BCUT2D eigenvalue weighted by atomic mass is 10.1. The van der Waals surface area contributed by atoms with Gasteiger partial charge in [-0.3, -0.25) is 4.98 Å². The van der Waals surface area contributed by atoms with Crippen molar-refractivity contribution in [3.05, 3.63) is 36.7 Å². The largest absolute Gasteiger partial charge is 0.378 e. The lowest BCUT2D eigenvalue weighted by Gasteiger charge is -2.13. The molecule has 1 N–H and O–H groups in total. The van der Waals surface area contributed by atoms with E-state index in [0.717, 1.165) is 17.1 Å². The van der Waals surface area contributed by atoms with Crippen LogP contribution >= 0.6 is 0 Å². The fraction of sp³-hybridized carbons (Fsp3) is 0.231. The Morgan fingerprint density at radius 3 is 2.24 bits per heavy atom. The van der Waals surface area contributed by atoms with Crippen molar-refractivity contribution in [3.63, 3.8) is 0 Å². The van der Waals surface area contributed by atoms with Crippen LogP contribution in [0.3, 0.4) is 0 Å². The molecule has 4 nitrogen and oxygen atoms in total. The van der Waals surface area contributed by atoms with E-state index < -0.39 is 0 Å². The van der Waals surface area contributed by atoms with Crippen molar-refractivity contribution in [2.75, 3.05) is 31.4 Å². The first-order valence-corrected chi connectivity index (χ1v) is 5.49. The van der Waals surface area contributed by atoms with E-state index in [2.05, 4.69) is 44.5 Å². The van der Waals surface area contributed by atoms with Crippen LogP contribution in [0.1, 0.15) is 0 Å². The van der Waals surface area contributed by atoms with Gasteiger partial charge in [0.25, 0.3) is 0 Å². The van der Waals surface area contributed by atoms with Crippen LogP contribution in [0.25, 0.3) is 11.3 Å². The Labute approximate surface area is 101 Å². The zero-order chi connectivity index (χ0) is 12.3. The summed E-state index contributed by atoms with van der Waals surface area (Å²) in [5.74, 6) is 0.796. The summed E-state index contributed by atoms with van der Waals surface area (Å²) in [6, 6.07) is 8.26. The molecular formula is C13H16N4. The van der Waals surface area contributed by atoms with Crippen LogP contribution < -0.4 is 10.2 Å². The van der Waals surface area contributed by atoms with Gasteiger partial charge in [0.05, 0.1) is 0 Å². The molecule has 2 aromatic rings. The predicted octanol–water partition coefficient (Wildman–Crippen LogP) is 2.25. The Hall–Kier alpha value is -2.10. The summed E-state index contributed by atoms with van der Waals surface area (Å²) < 4.78 is 0. The Bertz CT molecular complexity index is 491. The van der Waals surface area contributed by atoms with E-state index in [0.29, 0.717) is 0 Å². The molecule has 17 heavy (non-hydrogen) atoms. The highest BCUT2D eigenvalue weighted by molar-refractivity contribution is 5.72. The second kappa shape index (κ2) is 4.82. The lowest BCUT2D eigenvalue weighted by molar-refractivity contribution is 1.13. The smallest absolute Gasteiger partial charge is 0.152 e. The topological polar surface area (TPSA) is 41.1 Å². The number of hydrogen-bond acceptors (Lipinski definition) is 4. The zero-order valence-corrected chi connectivity index (χ0v) is 10.3. The van der Waals surface area contributed by atoms with Crippen LogP contribution in [0.15, 0.2) is 36.7 Å². The Kier molecular flexibility index (Phi) is 3.23. The molecule has 0 amide bonds. The van der Waals surface area contributed by atoms with E-state index in [1.807, 2.05) is 21.1 Å². The van der Waals surface area contributed by atoms with Gasteiger partial charge in [-0.15, -0.1) is 0 Å². The van der Waals surface area contributed by atoms with Gasteiger partial charge < -0.3 is 10.2 Å². The molecule has 0 saturated carbocycles. The van der Waals surface area contributed by atoms with E-state index in [1.54, 1.807) is 12.4 Å². The molecule has 0 fully saturated rings. The van der Waals surface area contributed by atoms with Crippen molar-refractivity contribution < 1.29 is 0 Å². The summed E-state index contributed by atoms with van der Waals surface area (Å²) in [6.07, 6.45) is 3.39. The third kappa shape index (κ3) is 2.36. The molecule has 0 radical (unpaired) electrons. The normalized spacial score (nSPS) is 10.1. The molecule has 2 rings (SSSR count). The highest BCUT2D eigenvalue weighted by atomic mass is 15.1. The second-order valence-corrected chi connectivity index (χ2v) is 3.94. The van der Waals surface area contributed by atoms with E-state index in [4.69, 9.17) is 0 Å². The van der Waals surface area contributed by atoms with E-state index in [1.165, 1.54) is 5.69 Å². The number of benzene rings is 1. The number of nitrogens with zero attached hydrogens (tertiary/aromatic N) is 3. The third-order valence-corrected chi connectivity index (χ3v) is 2.59. The van der Waals surface area contributed by atoms with Crippen LogP contribution in [0, 0.1) is 0 Å². The van der Waals surface area contributed by atoms with Gasteiger partial charge in [0.1, 0.15) is 5.69 Å². The van der Waals surface area contributed by atoms with Crippen LogP contribution in [0.2, 0.25) is 0 Å². The molecule has 0 saturated heterocycles. The lowest BCUT2D eigenvalue weighted by Crippen LogP contribution is -2.08. The predicted molar refractivity (Wildman–Crippen MR) is 71.3 cm³/mol. The number of hydrogen-bond donors (Lipinski definition) is 1. The van der Waals surface area contributed by atoms with Crippen molar-refractivity contribution in [3.8, 4) is 11.3 Å². The first kappa shape index (κ1) is 11.4. The molecule has 0 unspecified atom stereocenters. The molecule has 1 aromatic carbocycles. The molecule has 4 heteroatoms. The average molecular weight is 228 g/mol. The Morgan fingerprint density at radius 2 is 1.65 bits per heavy atom. The van der Waals surface area contributed by atoms with Crippen molar-refractivity contribution >= 4 is 11.5 Å². The molecule has 0 bridgehead atoms. The first-order chi connectivity index (χ1) is 8.22. The van der Waals surface area contributed by atoms with Gasteiger partial charge in [0, 0.05) is 44.8 Å². The SMILES string of the molecule is CNc1nccnc1-c1ccc(N(C)C)cc1. The van der Waals surface area contributed by atoms with Gasteiger partial charge in [-0.05, 0) is 12.1 Å². The van der Waals surface area contributed by atoms with Gasteiger partial charge >= 0.3 is 0 Å². The van der Waals surface area contributed by atoms with Crippen molar-refractivity contribution in [1.82, 2.24) is 9.97 Å². The van der Waals surface area contributed by atoms with Crippen LogP contribution in [0.5, 0.6) is 0 Å². The van der Waals surface area contributed by atoms with Gasteiger partial charge in [0.15, 0.2) is 5.82 Å². The number of rotatable bonds is 3. The number of nitrogens with one attached hydrogen (secondary N) is 1. The molecule has 0 spiro atoms. The van der Waals surface area contributed by atoms with Gasteiger partial charge in [0.2, 0.25) is 0 Å². The third-order valence-electron chi connectivity index (χ3n) is 2.59. The molecule has 1 aromatic heterocycles. The first-order valence-electron chi connectivity index (χ1n) is 5.49.